The summed E-state index contributed by atoms with van der Waals surface area (Å²) in [5, 5.41) is 3.04. The molecule has 1 aliphatic carbocycles. The second kappa shape index (κ2) is 10.1. The Morgan fingerprint density at radius 2 is 1.57 bits per heavy atom. The van der Waals surface area contributed by atoms with Crippen molar-refractivity contribution >= 4 is 21.6 Å². The molecule has 0 aromatic heterocycles. The molecule has 5 nitrogen and oxygen atoms in total. The molecule has 1 N–H and O–H groups in total. The van der Waals surface area contributed by atoms with Gasteiger partial charge in [0, 0.05) is 12.1 Å². The predicted molar refractivity (Wildman–Crippen MR) is 122 cm³/mol. The number of anilines is 1. The zero-order chi connectivity index (χ0) is 21.6. The van der Waals surface area contributed by atoms with Crippen LogP contribution in [-0.4, -0.2) is 27.1 Å². The summed E-state index contributed by atoms with van der Waals surface area (Å²) >= 11 is 0. The van der Waals surface area contributed by atoms with Crippen molar-refractivity contribution < 1.29 is 13.2 Å². The van der Waals surface area contributed by atoms with E-state index in [0.29, 0.717) is 17.2 Å². The molecule has 2 aromatic rings. The minimum Gasteiger partial charge on any atom is -0.352 e. The van der Waals surface area contributed by atoms with Gasteiger partial charge in [-0.3, -0.25) is 9.10 Å². The lowest BCUT2D eigenvalue weighted by Gasteiger charge is -2.23. The first-order chi connectivity index (χ1) is 14.4. The fraction of sp³-hybridized carbons (Fsp3) is 0.458. The Balaban J connectivity index is 1.65. The van der Waals surface area contributed by atoms with Gasteiger partial charge in [-0.1, -0.05) is 50.5 Å². The zero-order valence-electron chi connectivity index (χ0n) is 17.9. The molecule has 1 saturated carbocycles. The van der Waals surface area contributed by atoms with Gasteiger partial charge in [0.05, 0.1) is 18.5 Å². The topological polar surface area (TPSA) is 66.5 Å². The number of carbonyl (C=O) groups excluding carboxylic acids is 1. The number of aryl methyl sites for hydroxylation is 1. The van der Waals surface area contributed by atoms with Crippen LogP contribution in [0.1, 0.15) is 60.5 Å². The summed E-state index contributed by atoms with van der Waals surface area (Å²) in [7, 11) is -3.43. The maximum Gasteiger partial charge on any atom is 0.251 e. The lowest BCUT2D eigenvalue weighted by atomic mass is 9.89. The van der Waals surface area contributed by atoms with Crippen LogP contribution in [0.4, 0.5) is 5.69 Å². The Hall–Kier alpha value is -2.34. The number of amides is 1. The van der Waals surface area contributed by atoms with E-state index in [1.165, 1.54) is 42.7 Å². The van der Waals surface area contributed by atoms with Crippen molar-refractivity contribution in [1.82, 2.24) is 5.32 Å². The number of sulfonamides is 1. The van der Waals surface area contributed by atoms with Crippen LogP contribution in [0, 0.1) is 5.92 Å². The SMILES string of the molecule is CCc1ccc(N(Cc2ccc(C(=O)NCC3CCCCC3)cc2)S(C)(=O)=O)cc1. The molecular weight excluding hydrogens is 396 g/mol. The molecule has 3 rings (SSSR count). The zero-order valence-corrected chi connectivity index (χ0v) is 18.7. The molecule has 162 valence electrons. The molecule has 0 unspecified atom stereocenters. The Morgan fingerprint density at radius 1 is 0.967 bits per heavy atom. The number of carbonyl (C=O) groups is 1. The summed E-state index contributed by atoms with van der Waals surface area (Å²) in [6.45, 7) is 3.03. The molecule has 30 heavy (non-hydrogen) atoms. The third kappa shape index (κ3) is 6.08. The van der Waals surface area contributed by atoms with Crippen molar-refractivity contribution in [1.29, 1.82) is 0 Å². The second-order valence-electron chi connectivity index (χ2n) is 8.20. The van der Waals surface area contributed by atoms with Gasteiger partial charge in [0.25, 0.3) is 5.91 Å². The first-order valence-electron chi connectivity index (χ1n) is 10.8. The number of nitrogens with zero attached hydrogens (tertiary/aromatic N) is 1. The highest BCUT2D eigenvalue weighted by Gasteiger charge is 2.19. The summed E-state index contributed by atoms with van der Waals surface area (Å²) in [6.07, 6.45) is 8.33. The number of nitrogens with one attached hydrogen (secondary N) is 1. The highest BCUT2D eigenvalue weighted by Crippen LogP contribution is 2.23. The maximum atomic E-state index is 12.4. The smallest absolute Gasteiger partial charge is 0.251 e. The number of benzene rings is 2. The molecular formula is C24H32N2O3S. The molecule has 1 aliphatic rings. The Labute approximate surface area is 180 Å². The summed E-state index contributed by atoms with van der Waals surface area (Å²) in [6, 6.07) is 14.8. The van der Waals surface area contributed by atoms with Crippen molar-refractivity contribution in [2.75, 3.05) is 17.1 Å². The van der Waals surface area contributed by atoms with Crippen molar-refractivity contribution in [2.24, 2.45) is 5.92 Å². The van der Waals surface area contributed by atoms with E-state index in [4.69, 9.17) is 0 Å². The van der Waals surface area contributed by atoms with Gasteiger partial charge >= 0.3 is 0 Å². The largest absolute Gasteiger partial charge is 0.352 e. The minimum atomic E-state index is -3.43. The summed E-state index contributed by atoms with van der Waals surface area (Å²) < 4.78 is 26.1. The predicted octanol–water partition coefficient (Wildman–Crippen LogP) is 4.53. The van der Waals surface area contributed by atoms with E-state index < -0.39 is 10.0 Å². The standard InChI is InChI=1S/C24H32N2O3S/c1-3-19-11-15-23(16-12-19)26(30(2,28)29)18-21-9-13-22(14-10-21)24(27)25-17-20-7-5-4-6-8-20/h9-16,20H,3-8,17-18H2,1-2H3,(H,25,27). The van der Waals surface area contributed by atoms with Gasteiger partial charge in [-0.2, -0.15) is 0 Å². The fourth-order valence-electron chi connectivity index (χ4n) is 3.96. The monoisotopic (exact) mass is 428 g/mol. The van der Waals surface area contributed by atoms with Gasteiger partial charge in [-0.15, -0.1) is 0 Å². The minimum absolute atomic E-state index is 0.0674. The van der Waals surface area contributed by atoms with Gasteiger partial charge < -0.3 is 5.32 Å². The first kappa shape index (κ1) is 22.3. The van der Waals surface area contributed by atoms with Gasteiger partial charge in [0.1, 0.15) is 0 Å². The highest BCUT2D eigenvalue weighted by atomic mass is 32.2. The fourth-order valence-corrected chi connectivity index (χ4v) is 4.84. The van der Waals surface area contributed by atoms with E-state index in [1.54, 1.807) is 12.1 Å². The van der Waals surface area contributed by atoms with E-state index >= 15 is 0 Å². The van der Waals surface area contributed by atoms with Crippen molar-refractivity contribution in [2.45, 2.75) is 52.0 Å². The number of hydrogen-bond donors (Lipinski definition) is 1. The van der Waals surface area contributed by atoms with Gasteiger partial charge in [-0.05, 0) is 60.6 Å². The quantitative estimate of drug-likeness (QED) is 0.672. The molecule has 1 amide bonds. The lowest BCUT2D eigenvalue weighted by Crippen LogP contribution is -2.30. The molecule has 0 saturated heterocycles. The number of rotatable bonds is 8. The molecule has 0 radical (unpaired) electrons. The van der Waals surface area contributed by atoms with Crippen LogP contribution in [0.2, 0.25) is 0 Å². The van der Waals surface area contributed by atoms with Crippen LogP contribution in [0.15, 0.2) is 48.5 Å². The van der Waals surface area contributed by atoms with E-state index in [0.717, 1.165) is 24.1 Å². The van der Waals surface area contributed by atoms with E-state index in [2.05, 4.69) is 12.2 Å². The molecule has 1 fully saturated rings. The number of hydrogen-bond acceptors (Lipinski definition) is 3. The van der Waals surface area contributed by atoms with E-state index in [9.17, 15) is 13.2 Å². The van der Waals surface area contributed by atoms with E-state index in [-0.39, 0.29) is 12.5 Å². The highest BCUT2D eigenvalue weighted by molar-refractivity contribution is 7.92. The van der Waals surface area contributed by atoms with Crippen LogP contribution in [0.5, 0.6) is 0 Å². The Kier molecular flexibility index (Phi) is 7.53. The first-order valence-corrected chi connectivity index (χ1v) is 12.7. The lowest BCUT2D eigenvalue weighted by molar-refractivity contribution is 0.0943. The van der Waals surface area contributed by atoms with Gasteiger partial charge in [0.2, 0.25) is 10.0 Å². The molecule has 0 bridgehead atoms. The second-order valence-corrected chi connectivity index (χ2v) is 10.1. The van der Waals surface area contributed by atoms with Gasteiger partial charge in [-0.25, -0.2) is 8.42 Å². The summed E-state index contributed by atoms with van der Waals surface area (Å²) in [4.78, 5) is 12.4. The average Bonchev–Trinajstić information content (AvgIpc) is 2.76. The van der Waals surface area contributed by atoms with Crippen LogP contribution in [-0.2, 0) is 23.0 Å². The van der Waals surface area contributed by atoms with Crippen molar-refractivity contribution in [3.8, 4) is 0 Å². The van der Waals surface area contributed by atoms with Crippen LogP contribution >= 0.6 is 0 Å². The molecule has 0 spiro atoms. The normalized spacial score (nSPS) is 15.0. The van der Waals surface area contributed by atoms with Gasteiger partial charge in [0.15, 0.2) is 0 Å². The van der Waals surface area contributed by atoms with Crippen LogP contribution < -0.4 is 9.62 Å². The molecule has 0 aliphatic heterocycles. The van der Waals surface area contributed by atoms with Crippen LogP contribution in [0.3, 0.4) is 0 Å². The van der Waals surface area contributed by atoms with Crippen molar-refractivity contribution in [3.63, 3.8) is 0 Å². The third-order valence-electron chi connectivity index (χ3n) is 5.85. The molecule has 2 aromatic carbocycles. The third-order valence-corrected chi connectivity index (χ3v) is 6.99. The van der Waals surface area contributed by atoms with Crippen LogP contribution in [0.25, 0.3) is 0 Å². The summed E-state index contributed by atoms with van der Waals surface area (Å²) in [5.41, 5.74) is 3.25. The molecule has 0 atom stereocenters. The van der Waals surface area contributed by atoms with Crippen molar-refractivity contribution in [3.05, 3.63) is 65.2 Å². The van der Waals surface area contributed by atoms with E-state index in [1.807, 2.05) is 36.4 Å². The maximum absolute atomic E-state index is 12.4. The Morgan fingerprint density at radius 3 is 2.13 bits per heavy atom. The average molecular weight is 429 g/mol. The Bertz CT molecular complexity index is 931. The molecule has 0 heterocycles. The molecule has 6 heteroatoms. The summed E-state index contributed by atoms with van der Waals surface area (Å²) in [5.74, 6) is 0.520.